The number of ether oxygens (including phenoxy) is 1. The van der Waals surface area contributed by atoms with Crippen molar-refractivity contribution in [2.45, 2.75) is 27.2 Å². The van der Waals surface area contributed by atoms with E-state index in [1.807, 2.05) is 57.2 Å². The van der Waals surface area contributed by atoms with Gasteiger partial charge in [0.1, 0.15) is 11.6 Å². The number of nitrogens with one attached hydrogen (secondary N) is 1. The van der Waals surface area contributed by atoms with Crippen molar-refractivity contribution in [3.8, 4) is 16.9 Å². The number of fused-ring (bicyclic) bond motifs is 1. The summed E-state index contributed by atoms with van der Waals surface area (Å²) >= 11 is 0. The zero-order valence-corrected chi connectivity index (χ0v) is 20.6. The minimum absolute atomic E-state index is 0. The molecule has 1 aliphatic rings. The van der Waals surface area contributed by atoms with Gasteiger partial charge in [-0.2, -0.15) is 4.73 Å². The topological polar surface area (TPSA) is 46.4 Å². The Bertz CT molecular complexity index is 1090. The number of para-hydroxylation sites is 1. The van der Waals surface area contributed by atoms with Crippen molar-refractivity contribution in [2.24, 2.45) is 0 Å². The monoisotopic (exact) mass is 578 g/mol. The van der Waals surface area contributed by atoms with Gasteiger partial charge < -0.3 is 15.3 Å². The molecule has 6 heteroatoms. The first-order valence-electron chi connectivity index (χ1n) is 9.82. The normalized spacial score (nSPS) is 12.7. The first-order valence-corrected chi connectivity index (χ1v) is 9.82. The minimum atomic E-state index is -0.279. The van der Waals surface area contributed by atoms with Crippen molar-refractivity contribution in [1.29, 1.82) is 0 Å². The molecule has 1 aromatic heterocycles. The van der Waals surface area contributed by atoms with Crippen LogP contribution in [0.25, 0.3) is 22.0 Å². The van der Waals surface area contributed by atoms with Crippen LogP contribution in [0.2, 0.25) is 0 Å². The molecule has 158 valence electrons. The molecule has 0 amide bonds. The van der Waals surface area contributed by atoms with Gasteiger partial charge in [0.05, 0.1) is 12.6 Å². The molecule has 30 heavy (non-hydrogen) atoms. The van der Waals surface area contributed by atoms with Crippen LogP contribution in [0.3, 0.4) is 0 Å². The van der Waals surface area contributed by atoms with E-state index in [2.05, 4.69) is 5.32 Å². The van der Waals surface area contributed by atoms with Crippen LogP contribution in [0.4, 0.5) is 4.39 Å². The molecule has 2 N–H and O–H groups in total. The largest absolute Gasteiger partial charge is 0.496 e. The third-order valence-corrected chi connectivity index (χ3v) is 4.92. The summed E-state index contributed by atoms with van der Waals surface area (Å²) in [6.45, 7) is 6.60. The average molecular weight is 578 g/mol. The van der Waals surface area contributed by atoms with Gasteiger partial charge in [0.2, 0.25) is 0 Å². The molecule has 0 atom stereocenters. The predicted molar refractivity (Wildman–Crippen MR) is 116 cm³/mol. The zero-order valence-electron chi connectivity index (χ0n) is 17.7. The molecule has 4 nitrogen and oxygen atoms in total. The quantitative estimate of drug-likeness (QED) is 0.387. The minimum Gasteiger partial charge on any atom is -0.496 e. The maximum absolute atomic E-state index is 13.5. The van der Waals surface area contributed by atoms with Crippen molar-refractivity contribution < 1.29 is 35.4 Å². The van der Waals surface area contributed by atoms with Gasteiger partial charge in [0, 0.05) is 51.0 Å². The number of nitrogens with zero attached hydrogens (tertiary/aromatic N) is 1. The molecule has 0 saturated carbocycles. The molecule has 1 aliphatic heterocycles. The van der Waals surface area contributed by atoms with E-state index in [-0.39, 0.29) is 26.9 Å². The van der Waals surface area contributed by atoms with E-state index in [0.29, 0.717) is 13.0 Å². The first kappa shape index (κ1) is 23.8. The molecule has 2 aromatic carbocycles. The molecule has 4 rings (SSSR count). The van der Waals surface area contributed by atoms with Gasteiger partial charge in [-0.25, -0.2) is 4.39 Å². The van der Waals surface area contributed by atoms with Crippen LogP contribution in [-0.4, -0.2) is 23.6 Å². The summed E-state index contributed by atoms with van der Waals surface area (Å²) in [7, 11) is 1.65. The third kappa shape index (κ3) is 4.79. The Kier molecular flexibility index (Phi) is 8.31. The summed E-state index contributed by atoms with van der Waals surface area (Å²) in [5, 5.41) is 14.4. The van der Waals surface area contributed by atoms with E-state index < -0.39 is 0 Å². The molecule has 0 fully saturated rings. The molecule has 2 heterocycles. The van der Waals surface area contributed by atoms with E-state index in [4.69, 9.17) is 4.74 Å². The number of aryl methyl sites for hydroxylation is 1. The zero-order chi connectivity index (χ0) is 21.0. The van der Waals surface area contributed by atoms with Gasteiger partial charge in [0.25, 0.3) is 0 Å². The van der Waals surface area contributed by atoms with Gasteiger partial charge in [-0.05, 0) is 53.8 Å². The number of allylic oxidation sites excluding steroid dienone is 2. The van der Waals surface area contributed by atoms with Crippen molar-refractivity contribution >= 4 is 10.9 Å². The molecule has 0 unspecified atom stereocenters. The summed E-state index contributed by atoms with van der Waals surface area (Å²) in [5.41, 5.74) is 5.62. The second-order valence-corrected chi connectivity index (χ2v) is 6.77. The maximum atomic E-state index is 13.5. The van der Waals surface area contributed by atoms with Crippen LogP contribution in [0.5, 0.6) is 5.75 Å². The smallest absolute Gasteiger partial charge is 0.138 e. The fourth-order valence-electron chi connectivity index (χ4n) is 3.68. The van der Waals surface area contributed by atoms with Crippen molar-refractivity contribution in [3.05, 3.63) is 77.4 Å². The van der Waals surface area contributed by atoms with E-state index in [1.165, 1.54) is 10.9 Å². The van der Waals surface area contributed by atoms with Gasteiger partial charge in [0.15, 0.2) is 0 Å². The van der Waals surface area contributed by atoms with Gasteiger partial charge in [-0.3, -0.25) is 0 Å². The summed E-state index contributed by atoms with van der Waals surface area (Å²) in [5.74, 6) is 0.552. The Labute approximate surface area is 191 Å². The SMILES string of the molecule is CC.COc1ccc(-c2cccc3c(CC4=CC(F)=CNC4)cn(O)c23)cc1C.[W]. The van der Waals surface area contributed by atoms with Crippen LogP contribution in [0.1, 0.15) is 25.0 Å². The Morgan fingerprint density at radius 2 is 1.97 bits per heavy atom. The number of rotatable bonds is 4. The third-order valence-electron chi connectivity index (χ3n) is 4.92. The molecule has 0 saturated heterocycles. The molecule has 0 radical (unpaired) electrons. The summed E-state index contributed by atoms with van der Waals surface area (Å²) in [6, 6.07) is 11.9. The van der Waals surface area contributed by atoms with Gasteiger partial charge >= 0.3 is 0 Å². The Morgan fingerprint density at radius 1 is 1.20 bits per heavy atom. The van der Waals surface area contributed by atoms with Crippen molar-refractivity contribution in [2.75, 3.05) is 13.7 Å². The van der Waals surface area contributed by atoms with E-state index in [0.717, 1.165) is 44.5 Å². The number of halogens is 1. The molecular formula is C24H27FN2O2W. The van der Waals surface area contributed by atoms with Crippen LogP contribution < -0.4 is 10.1 Å². The summed E-state index contributed by atoms with van der Waals surface area (Å²) in [4.78, 5) is 0. The van der Waals surface area contributed by atoms with E-state index in [9.17, 15) is 9.60 Å². The standard InChI is InChI=1S/C22H21FN2O2.C2H6.W/c1-14-8-16(6-7-21(14)27-2)19-4-3-5-20-17(13-25(26)22(19)20)9-15-10-18(23)12-24-11-15;1-2;/h3-8,10,12-13,24,26H,9,11H2,1-2H3;1-2H3;. The van der Waals surface area contributed by atoms with Gasteiger partial charge in [-0.1, -0.05) is 38.1 Å². The van der Waals surface area contributed by atoms with Crippen molar-refractivity contribution in [3.63, 3.8) is 0 Å². The number of methoxy groups -OCH3 is 1. The number of aromatic nitrogens is 1. The summed E-state index contributed by atoms with van der Waals surface area (Å²) in [6.07, 6.45) is 5.20. The van der Waals surface area contributed by atoms with Crippen LogP contribution in [0.15, 0.2) is 66.3 Å². The Morgan fingerprint density at radius 3 is 2.63 bits per heavy atom. The molecule has 0 spiro atoms. The fourth-order valence-corrected chi connectivity index (χ4v) is 3.68. The number of dihydropyridines is 1. The molecular weight excluding hydrogens is 551 g/mol. The van der Waals surface area contributed by atoms with Gasteiger partial charge in [-0.15, -0.1) is 0 Å². The van der Waals surface area contributed by atoms with Crippen LogP contribution in [-0.2, 0) is 27.5 Å². The van der Waals surface area contributed by atoms with E-state index in [1.54, 1.807) is 19.4 Å². The molecule has 0 aliphatic carbocycles. The average Bonchev–Trinajstić information content (AvgIpc) is 3.05. The molecule has 0 bridgehead atoms. The second-order valence-electron chi connectivity index (χ2n) is 6.77. The fraction of sp³-hybridized carbons (Fsp3) is 0.250. The number of hydrogen-bond donors (Lipinski definition) is 2. The first-order chi connectivity index (χ1) is 14.1. The number of hydrogen-bond acceptors (Lipinski definition) is 3. The number of benzene rings is 2. The Balaban J connectivity index is 0.00000104. The van der Waals surface area contributed by atoms with Crippen molar-refractivity contribution in [1.82, 2.24) is 10.0 Å². The van der Waals surface area contributed by atoms with E-state index >= 15 is 0 Å². The second kappa shape index (κ2) is 10.5. The maximum Gasteiger partial charge on any atom is 0.138 e. The van der Waals surface area contributed by atoms with Crippen LogP contribution in [0, 0.1) is 6.92 Å². The summed E-state index contributed by atoms with van der Waals surface area (Å²) < 4.78 is 20.0. The van der Waals surface area contributed by atoms with Crippen LogP contribution >= 0.6 is 0 Å². The Hall–Kier alpha value is -2.52. The predicted octanol–water partition coefficient (Wildman–Crippen LogP) is 5.77. The molecule has 3 aromatic rings.